The average Bonchev–Trinajstić information content (AvgIpc) is 2.83. The Balaban J connectivity index is 2.03. The first-order chi connectivity index (χ1) is 10.8. The zero-order valence-corrected chi connectivity index (χ0v) is 14.7. The molecule has 0 saturated heterocycles. The average molecular weight is 346 g/mol. The van der Waals surface area contributed by atoms with Gasteiger partial charge in [0, 0.05) is 0 Å². The molecular weight excluding hydrogens is 328 g/mol. The van der Waals surface area contributed by atoms with E-state index in [4.69, 9.17) is 9.67 Å². The van der Waals surface area contributed by atoms with Gasteiger partial charge < -0.3 is 4.53 Å². The molecule has 1 unspecified atom stereocenters. The monoisotopic (exact) mass is 346 g/mol. The van der Waals surface area contributed by atoms with Crippen molar-refractivity contribution in [3.63, 3.8) is 0 Å². The number of nitrogens with zero attached hydrogens (tertiary/aromatic N) is 1. The lowest BCUT2D eigenvalue weighted by atomic mass is 10.0. The largest absolute Gasteiger partial charge is 0.454 e. The molecule has 0 spiro atoms. The normalized spacial score (nSPS) is 20.0. The fraction of sp³-hybridized carbons (Fsp3) is 0.188. The van der Waals surface area contributed by atoms with E-state index < -0.39 is 18.3 Å². The molecule has 2 aromatic rings. The predicted molar refractivity (Wildman–Crippen MR) is 92.1 cm³/mol. The summed E-state index contributed by atoms with van der Waals surface area (Å²) >= 11 is 0. The van der Waals surface area contributed by atoms with Crippen LogP contribution >= 0.6 is 0 Å². The lowest BCUT2D eigenvalue weighted by Crippen LogP contribution is -2.36. The highest BCUT2D eigenvalue weighted by atomic mass is 32.2. The summed E-state index contributed by atoms with van der Waals surface area (Å²) in [6, 6.07) is 16.6. The third-order valence-corrected chi connectivity index (χ3v) is 7.45. The summed E-state index contributed by atoms with van der Waals surface area (Å²) in [6.07, 6.45) is 0. The molecule has 0 aromatic heterocycles. The molecule has 0 amide bonds. The fourth-order valence-corrected chi connectivity index (χ4v) is 5.67. The fourth-order valence-electron chi connectivity index (χ4n) is 2.84. The van der Waals surface area contributed by atoms with Crippen molar-refractivity contribution < 1.29 is 12.9 Å². The Labute approximate surface area is 137 Å². The second-order valence-corrected chi connectivity index (χ2v) is 11.6. The van der Waals surface area contributed by atoms with Crippen LogP contribution in [0.15, 0.2) is 64.6 Å². The topological polar surface area (TPSA) is 81.8 Å². The molecule has 2 aromatic carbocycles. The molecule has 7 heteroatoms. The molecule has 1 atom stereocenters. The lowest BCUT2D eigenvalue weighted by Gasteiger charge is -2.23. The first kappa shape index (κ1) is 15.9. The van der Waals surface area contributed by atoms with Crippen molar-refractivity contribution in [1.29, 1.82) is 0 Å². The van der Waals surface area contributed by atoms with Crippen molar-refractivity contribution in [2.45, 2.75) is 23.5 Å². The van der Waals surface area contributed by atoms with Gasteiger partial charge in [-0.1, -0.05) is 42.5 Å². The van der Waals surface area contributed by atoms with Gasteiger partial charge in [0.2, 0.25) is 10.0 Å². The summed E-state index contributed by atoms with van der Waals surface area (Å²) in [4.78, 5) is 0.109. The van der Waals surface area contributed by atoms with E-state index in [2.05, 4.69) is 18.2 Å². The minimum Gasteiger partial charge on any atom is -0.454 e. The molecule has 1 aliphatic rings. The van der Waals surface area contributed by atoms with Crippen LogP contribution in [0.4, 0.5) is 0 Å². The van der Waals surface area contributed by atoms with E-state index >= 15 is 0 Å². The van der Waals surface area contributed by atoms with Crippen LogP contribution in [0.5, 0.6) is 0 Å². The SMILES string of the molecule is C[Si]1(C)ON=C(c2ccccc2)C1c1ccc(S(N)(=O)=O)cc1. The highest BCUT2D eigenvalue weighted by molar-refractivity contribution is 7.89. The van der Waals surface area contributed by atoms with Crippen molar-refractivity contribution in [2.24, 2.45) is 10.3 Å². The number of benzene rings is 2. The van der Waals surface area contributed by atoms with Crippen LogP contribution in [-0.4, -0.2) is 22.4 Å². The Morgan fingerprint density at radius 3 is 2.22 bits per heavy atom. The molecule has 0 radical (unpaired) electrons. The molecule has 1 heterocycles. The Kier molecular flexibility index (Phi) is 3.87. The number of hydrogen-bond acceptors (Lipinski definition) is 4. The highest BCUT2D eigenvalue weighted by Crippen LogP contribution is 2.37. The number of nitrogens with two attached hydrogens (primary N) is 1. The van der Waals surface area contributed by atoms with E-state index in [1.165, 1.54) is 12.1 Å². The second-order valence-electron chi connectivity index (χ2n) is 6.08. The van der Waals surface area contributed by atoms with Crippen molar-refractivity contribution in [2.75, 3.05) is 0 Å². The van der Waals surface area contributed by atoms with Gasteiger partial charge in [-0.2, -0.15) is 0 Å². The number of oxime groups is 1. The summed E-state index contributed by atoms with van der Waals surface area (Å²) in [6.45, 7) is 4.20. The lowest BCUT2D eigenvalue weighted by molar-refractivity contribution is 0.345. The van der Waals surface area contributed by atoms with Crippen LogP contribution in [0.25, 0.3) is 0 Å². The molecular formula is C16H18N2O3SSi. The van der Waals surface area contributed by atoms with Crippen LogP contribution in [0.2, 0.25) is 13.1 Å². The van der Waals surface area contributed by atoms with E-state index in [1.54, 1.807) is 12.1 Å². The van der Waals surface area contributed by atoms with Crippen LogP contribution in [0.3, 0.4) is 0 Å². The maximum atomic E-state index is 11.4. The number of hydrogen-bond donors (Lipinski definition) is 1. The van der Waals surface area contributed by atoms with E-state index in [9.17, 15) is 8.42 Å². The van der Waals surface area contributed by atoms with Crippen molar-refractivity contribution in [3.05, 3.63) is 65.7 Å². The van der Waals surface area contributed by atoms with Gasteiger partial charge in [0.15, 0.2) is 0 Å². The summed E-state index contributed by atoms with van der Waals surface area (Å²) in [5.41, 5.74) is 2.95. The van der Waals surface area contributed by atoms with Gasteiger partial charge >= 0.3 is 0 Å². The summed E-state index contributed by atoms with van der Waals surface area (Å²) < 4.78 is 28.6. The van der Waals surface area contributed by atoms with Gasteiger partial charge in [-0.05, 0) is 36.4 Å². The number of primary sulfonamides is 1. The minimum atomic E-state index is -3.69. The Hall–Kier alpha value is -1.96. The molecule has 5 nitrogen and oxygen atoms in total. The van der Waals surface area contributed by atoms with Crippen molar-refractivity contribution >= 4 is 24.1 Å². The van der Waals surface area contributed by atoms with E-state index in [0.29, 0.717) is 0 Å². The minimum absolute atomic E-state index is 0.0411. The van der Waals surface area contributed by atoms with Gasteiger partial charge in [0.1, 0.15) is 0 Å². The van der Waals surface area contributed by atoms with Crippen molar-refractivity contribution in [1.82, 2.24) is 0 Å². The Morgan fingerprint density at radius 1 is 1.04 bits per heavy atom. The van der Waals surface area contributed by atoms with E-state index in [0.717, 1.165) is 16.8 Å². The molecule has 120 valence electrons. The van der Waals surface area contributed by atoms with Gasteiger partial charge in [-0.3, -0.25) is 0 Å². The smallest absolute Gasteiger partial charge is 0.294 e. The third-order valence-electron chi connectivity index (χ3n) is 3.96. The molecule has 0 aliphatic carbocycles. The highest BCUT2D eigenvalue weighted by Gasteiger charge is 2.46. The summed E-state index contributed by atoms with van der Waals surface area (Å²) in [5, 5.41) is 9.49. The zero-order chi connectivity index (χ0) is 16.7. The van der Waals surface area contributed by atoms with E-state index in [-0.39, 0.29) is 10.4 Å². The molecule has 3 rings (SSSR count). The Bertz CT molecular complexity index is 847. The third kappa shape index (κ3) is 3.08. The van der Waals surface area contributed by atoms with Gasteiger partial charge in [-0.25, -0.2) is 13.6 Å². The first-order valence-corrected chi connectivity index (χ1v) is 11.8. The predicted octanol–water partition coefficient (Wildman–Crippen LogP) is 2.60. The first-order valence-electron chi connectivity index (χ1n) is 7.23. The molecule has 0 fully saturated rings. The molecule has 0 bridgehead atoms. The summed E-state index contributed by atoms with van der Waals surface area (Å²) in [7, 11) is -5.79. The van der Waals surface area contributed by atoms with Crippen molar-refractivity contribution in [3.8, 4) is 0 Å². The van der Waals surface area contributed by atoms with Crippen LogP contribution in [0, 0.1) is 0 Å². The number of sulfonamides is 1. The van der Waals surface area contributed by atoms with Gasteiger partial charge in [0.05, 0.1) is 16.1 Å². The molecule has 2 N–H and O–H groups in total. The quantitative estimate of drug-likeness (QED) is 0.867. The number of rotatable bonds is 3. The maximum Gasteiger partial charge on any atom is 0.294 e. The summed E-state index contributed by atoms with van der Waals surface area (Å²) in [5.74, 6) is 0. The van der Waals surface area contributed by atoms with Gasteiger partial charge in [0.25, 0.3) is 8.32 Å². The van der Waals surface area contributed by atoms with E-state index in [1.807, 2.05) is 30.3 Å². The standard InChI is InChI=1S/C16H18N2O3SSi/c1-23(2)16(13-8-10-14(11-9-13)22(17,19)20)15(18-21-23)12-6-4-3-5-7-12/h3-11,16H,1-2H3,(H2,17,19,20). The molecule has 0 saturated carbocycles. The van der Waals surface area contributed by atoms with Crippen LogP contribution < -0.4 is 5.14 Å². The Morgan fingerprint density at radius 2 is 1.65 bits per heavy atom. The zero-order valence-electron chi connectivity index (χ0n) is 12.9. The second kappa shape index (κ2) is 5.59. The maximum absolute atomic E-state index is 11.4. The molecule has 1 aliphatic heterocycles. The van der Waals surface area contributed by atoms with Crippen LogP contribution in [-0.2, 0) is 14.6 Å². The molecule has 23 heavy (non-hydrogen) atoms. The van der Waals surface area contributed by atoms with Gasteiger partial charge in [-0.15, -0.1) is 5.16 Å². The van der Waals surface area contributed by atoms with Crippen LogP contribution in [0.1, 0.15) is 16.7 Å².